The first-order valence-electron chi connectivity index (χ1n) is 8.09. The number of carbonyl (C=O) groups is 1. The molecule has 130 valence electrons. The Morgan fingerprint density at radius 2 is 2.08 bits per heavy atom. The number of aryl methyl sites for hydroxylation is 2. The molecule has 0 aliphatic carbocycles. The molecule has 1 aromatic carbocycles. The maximum absolute atomic E-state index is 12.4. The van der Waals surface area contributed by atoms with Crippen LogP contribution < -0.4 is 10.1 Å². The molecule has 0 atom stereocenters. The van der Waals surface area contributed by atoms with Gasteiger partial charge in [-0.1, -0.05) is 19.1 Å². The average Bonchev–Trinajstić information content (AvgIpc) is 2.95. The molecule has 1 N–H and O–H groups in total. The van der Waals surface area contributed by atoms with E-state index in [1.165, 1.54) is 4.88 Å². The van der Waals surface area contributed by atoms with Gasteiger partial charge in [0.1, 0.15) is 12.4 Å². The number of methoxy groups -OCH3 is 1. The number of nitrogens with zero attached hydrogens (tertiary/aromatic N) is 1. The molecule has 1 aromatic heterocycles. The first-order chi connectivity index (χ1) is 11.7. The minimum absolute atomic E-state index is 0.132. The lowest BCUT2D eigenvalue weighted by molar-refractivity contribution is 0.0946. The van der Waals surface area contributed by atoms with Crippen LogP contribution in [0.15, 0.2) is 24.3 Å². The van der Waals surface area contributed by atoms with Gasteiger partial charge in [0.05, 0.1) is 22.9 Å². The molecule has 0 fully saturated rings. The van der Waals surface area contributed by atoms with Crippen molar-refractivity contribution < 1.29 is 14.3 Å². The molecule has 1 heterocycles. The molecule has 24 heavy (non-hydrogen) atoms. The highest BCUT2D eigenvalue weighted by Gasteiger charge is 2.12. The van der Waals surface area contributed by atoms with Crippen molar-refractivity contribution in [2.24, 2.45) is 0 Å². The predicted molar refractivity (Wildman–Crippen MR) is 96.1 cm³/mol. The van der Waals surface area contributed by atoms with Crippen molar-refractivity contribution in [1.82, 2.24) is 10.3 Å². The summed E-state index contributed by atoms with van der Waals surface area (Å²) in [5, 5.41) is 4.01. The number of aromatic nitrogens is 1. The van der Waals surface area contributed by atoms with Crippen LogP contribution in [-0.4, -0.2) is 37.8 Å². The Hall–Kier alpha value is -1.92. The SMILES string of the molecule is CCc1nc(CCNC(=O)c2ccccc2OCCOC)sc1C. The second kappa shape index (κ2) is 9.39. The monoisotopic (exact) mass is 348 g/mol. The van der Waals surface area contributed by atoms with Crippen LogP contribution in [0.2, 0.25) is 0 Å². The van der Waals surface area contributed by atoms with Gasteiger partial charge in [0.15, 0.2) is 0 Å². The lowest BCUT2D eigenvalue weighted by atomic mass is 10.2. The normalized spacial score (nSPS) is 10.6. The molecule has 2 aromatic rings. The fourth-order valence-corrected chi connectivity index (χ4v) is 3.34. The van der Waals surface area contributed by atoms with Crippen LogP contribution in [0.1, 0.15) is 32.9 Å². The van der Waals surface area contributed by atoms with Gasteiger partial charge in [-0.15, -0.1) is 11.3 Å². The highest BCUT2D eigenvalue weighted by atomic mass is 32.1. The smallest absolute Gasteiger partial charge is 0.255 e. The number of rotatable bonds is 9. The van der Waals surface area contributed by atoms with E-state index in [0.29, 0.717) is 31.1 Å². The number of hydrogen-bond acceptors (Lipinski definition) is 5. The third-order valence-electron chi connectivity index (χ3n) is 3.57. The molecule has 2 rings (SSSR count). The molecule has 0 aliphatic rings. The molecule has 5 nitrogen and oxygen atoms in total. The highest BCUT2D eigenvalue weighted by Crippen LogP contribution is 2.19. The average molecular weight is 348 g/mol. The van der Waals surface area contributed by atoms with Crippen molar-refractivity contribution in [3.63, 3.8) is 0 Å². The van der Waals surface area contributed by atoms with Gasteiger partial charge in [0, 0.05) is 25.0 Å². The van der Waals surface area contributed by atoms with Crippen molar-refractivity contribution in [2.75, 3.05) is 26.9 Å². The van der Waals surface area contributed by atoms with Gasteiger partial charge < -0.3 is 14.8 Å². The minimum Gasteiger partial charge on any atom is -0.490 e. The first-order valence-corrected chi connectivity index (χ1v) is 8.91. The maximum atomic E-state index is 12.4. The number of nitrogens with one attached hydrogen (secondary N) is 1. The standard InChI is InChI=1S/C18H24N2O3S/c1-4-15-13(2)24-17(20-15)9-10-19-18(21)14-7-5-6-8-16(14)23-12-11-22-3/h5-8H,4,9-12H2,1-3H3,(H,19,21). The van der Waals surface area contributed by atoms with Crippen molar-refractivity contribution in [3.8, 4) is 5.75 Å². The van der Waals surface area contributed by atoms with E-state index in [2.05, 4.69) is 24.1 Å². The van der Waals surface area contributed by atoms with Crippen LogP contribution in [0, 0.1) is 6.92 Å². The van der Waals surface area contributed by atoms with Crippen LogP contribution in [0.4, 0.5) is 0 Å². The Kier molecular flexibility index (Phi) is 7.21. The number of ether oxygens (including phenoxy) is 2. The Balaban J connectivity index is 1.90. The second-order valence-corrected chi connectivity index (χ2v) is 6.60. The zero-order valence-corrected chi connectivity index (χ0v) is 15.2. The Morgan fingerprint density at radius 1 is 1.29 bits per heavy atom. The van der Waals surface area contributed by atoms with E-state index in [1.807, 2.05) is 12.1 Å². The second-order valence-electron chi connectivity index (χ2n) is 5.31. The van der Waals surface area contributed by atoms with E-state index in [-0.39, 0.29) is 5.91 Å². The van der Waals surface area contributed by atoms with Crippen molar-refractivity contribution in [1.29, 1.82) is 0 Å². The van der Waals surface area contributed by atoms with Crippen LogP contribution in [0.5, 0.6) is 5.75 Å². The summed E-state index contributed by atoms with van der Waals surface area (Å²) in [6, 6.07) is 7.24. The van der Waals surface area contributed by atoms with Crippen LogP contribution in [0.25, 0.3) is 0 Å². The molecular formula is C18H24N2O3S. The summed E-state index contributed by atoms with van der Waals surface area (Å²) >= 11 is 1.70. The Labute approximate surface area is 147 Å². The summed E-state index contributed by atoms with van der Waals surface area (Å²) in [6.45, 7) is 5.65. The van der Waals surface area contributed by atoms with Crippen LogP contribution in [-0.2, 0) is 17.6 Å². The van der Waals surface area contributed by atoms with Gasteiger partial charge in [0.25, 0.3) is 5.91 Å². The molecule has 0 radical (unpaired) electrons. The largest absolute Gasteiger partial charge is 0.490 e. The first kappa shape index (κ1) is 18.4. The molecule has 0 saturated carbocycles. The van der Waals surface area contributed by atoms with E-state index < -0.39 is 0 Å². The molecule has 1 amide bonds. The van der Waals surface area contributed by atoms with E-state index in [4.69, 9.17) is 9.47 Å². The lowest BCUT2D eigenvalue weighted by Gasteiger charge is -2.11. The molecule has 0 saturated heterocycles. The maximum Gasteiger partial charge on any atom is 0.255 e. The summed E-state index contributed by atoms with van der Waals surface area (Å²) in [7, 11) is 1.62. The van der Waals surface area contributed by atoms with E-state index in [9.17, 15) is 4.79 Å². The molecule has 0 spiro atoms. The molecule has 0 bridgehead atoms. The minimum atomic E-state index is -0.132. The van der Waals surface area contributed by atoms with E-state index >= 15 is 0 Å². The zero-order chi connectivity index (χ0) is 17.4. The highest BCUT2D eigenvalue weighted by molar-refractivity contribution is 7.11. The summed E-state index contributed by atoms with van der Waals surface area (Å²) < 4.78 is 10.6. The van der Waals surface area contributed by atoms with Crippen LogP contribution >= 0.6 is 11.3 Å². The fraction of sp³-hybridized carbons (Fsp3) is 0.444. The number of amides is 1. The number of hydrogen-bond donors (Lipinski definition) is 1. The topological polar surface area (TPSA) is 60.5 Å². The zero-order valence-electron chi connectivity index (χ0n) is 14.4. The number of benzene rings is 1. The number of para-hydroxylation sites is 1. The Bertz CT molecular complexity index is 670. The summed E-state index contributed by atoms with van der Waals surface area (Å²) in [5.41, 5.74) is 1.69. The van der Waals surface area contributed by atoms with E-state index in [0.717, 1.165) is 23.5 Å². The molecule has 0 aliphatic heterocycles. The third kappa shape index (κ3) is 5.04. The van der Waals surface area contributed by atoms with Gasteiger partial charge in [-0.2, -0.15) is 0 Å². The van der Waals surface area contributed by atoms with Gasteiger partial charge in [0.2, 0.25) is 0 Å². The van der Waals surface area contributed by atoms with E-state index in [1.54, 1.807) is 30.6 Å². The van der Waals surface area contributed by atoms with Crippen LogP contribution in [0.3, 0.4) is 0 Å². The summed E-state index contributed by atoms with van der Waals surface area (Å²) in [5.74, 6) is 0.442. The van der Waals surface area contributed by atoms with Crippen molar-refractivity contribution >= 4 is 17.2 Å². The van der Waals surface area contributed by atoms with Gasteiger partial charge in [-0.05, 0) is 25.5 Å². The number of carbonyl (C=O) groups excluding carboxylic acids is 1. The van der Waals surface area contributed by atoms with Gasteiger partial charge >= 0.3 is 0 Å². The van der Waals surface area contributed by atoms with Gasteiger partial charge in [-0.3, -0.25) is 4.79 Å². The molecule has 0 unspecified atom stereocenters. The predicted octanol–water partition coefficient (Wildman–Crippen LogP) is 3.01. The summed E-state index contributed by atoms with van der Waals surface area (Å²) in [6.07, 6.45) is 1.69. The van der Waals surface area contributed by atoms with Gasteiger partial charge in [-0.25, -0.2) is 4.98 Å². The van der Waals surface area contributed by atoms with Crippen molar-refractivity contribution in [2.45, 2.75) is 26.7 Å². The molecular weight excluding hydrogens is 324 g/mol. The van der Waals surface area contributed by atoms with Crippen molar-refractivity contribution in [3.05, 3.63) is 45.4 Å². The quantitative estimate of drug-likeness (QED) is 0.708. The lowest BCUT2D eigenvalue weighted by Crippen LogP contribution is -2.26. The number of thiazole rings is 1. The Morgan fingerprint density at radius 3 is 2.79 bits per heavy atom. The third-order valence-corrected chi connectivity index (χ3v) is 4.65. The fourth-order valence-electron chi connectivity index (χ4n) is 2.32. The summed E-state index contributed by atoms with van der Waals surface area (Å²) in [4.78, 5) is 18.2. The molecule has 6 heteroatoms.